The third-order valence-electron chi connectivity index (χ3n) is 3.74. The molecule has 0 aliphatic rings. The highest BCUT2D eigenvalue weighted by Crippen LogP contribution is 2.48. The van der Waals surface area contributed by atoms with E-state index in [1.807, 2.05) is 0 Å². The summed E-state index contributed by atoms with van der Waals surface area (Å²) >= 11 is 30.2. The van der Waals surface area contributed by atoms with Gasteiger partial charge in [0, 0.05) is 5.56 Å². The number of carbonyl (C=O) groups is 1. The van der Waals surface area contributed by atoms with E-state index in [2.05, 4.69) is 0 Å². The molecule has 3 aromatic rings. The van der Waals surface area contributed by atoms with Crippen LogP contribution >= 0.6 is 58.0 Å². The zero-order valence-corrected chi connectivity index (χ0v) is 18.1. The summed E-state index contributed by atoms with van der Waals surface area (Å²) in [7, 11) is 0. The van der Waals surface area contributed by atoms with Gasteiger partial charge in [-0.3, -0.25) is 4.79 Å². The van der Waals surface area contributed by atoms with E-state index in [0.717, 1.165) is 0 Å². The standard InChI is InChI=1S/C20H10Cl5FO3/c21-15-16(22)18(24)20(19(25)17(15)23)28-9-13-6-5-12(29-13)7-8-14(27)10-1-3-11(26)4-2-10/h1-8H,9H2/b8-7+. The van der Waals surface area contributed by atoms with Crippen LogP contribution in [-0.2, 0) is 6.61 Å². The van der Waals surface area contributed by atoms with Crippen molar-refractivity contribution in [3.63, 3.8) is 0 Å². The van der Waals surface area contributed by atoms with E-state index in [0.29, 0.717) is 17.1 Å². The van der Waals surface area contributed by atoms with Crippen LogP contribution in [0, 0.1) is 5.82 Å². The smallest absolute Gasteiger partial charge is 0.185 e. The molecule has 0 bridgehead atoms. The van der Waals surface area contributed by atoms with E-state index < -0.39 is 5.82 Å². The van der Waals surface area contributed by atoms with Crippen molar-refractivity contribution in [1.82, 2.24) is 0 Å². The lowest BCUT2D eigenvalue weighted by molar-refractivity contribution is 0.104. The number of halogens is 6. The van der Waals surface area contributed by atoms with Crippen molar-refractivity contribution in [2.45, 2.75) is 6.61 Å². The van der Waals surface area contributed by atoms with Crippen LogP contribution in [-0.4, -0.2) is 5.78 Å². The van der Waals surface area contributed by atoms with Gasteiger partial charge in [-0.1, -0.05) is 58.0 Å². The molecule has 0 N–H and O–H groups in total. The molecule has 0 radical (unpaired) electrons. The predicted octanol–water partition coefficient (Wildman–Crippen LogP) is 8.16. The van der Waals surface area contributed by atoms with Crippen molar-refractivity contribution in [3.8, 4) is 5.75 Å². The number of hydrogen-bond donors (Lipinski definition) is 0. The Labute approximate surface area is 190 Å². The van der Waals surface area contributed by atoms with E-state index >= 15 is 0 Å². The van der Waals surface area contributed by atoms with Gasteiger partial charge in [-0.15, -0.1) is 0 Å². The van der Waals surface area contributed by atoms with Crippen molar-refractivity contribution in [2.24, 2.45) is 0 Å². The quantitative estimate of drug-likeness (QED) is 0.150. The molecule has 0 aliphatic heterocycles. The normalized spacial score (nSPS) is 11.2. The van der Waals surface area contributed by atoms with Crippen LogP contribution in [0.3, 0.4) is 0 Å². The molecule has 0 aliphatic carbocycles. The van der Waals surface area contributed by atoms with Crippen molar-refractivity contribution in [3.05, 3.63) is 90.5 Å². The van der Waals surface area contributed by atoms with Crippen molar-refractivity contribution in [2.75, 3.05) is 0 Å². The van der Waals surface area contributed by atoms with Gasteiger partial charge in [0.15, 0.2) is 11.5 Å². The summed E-state index contributed by atoms with van der Waals surface area (Å²) in [5.41, 5.74) is 0.360. The molecule has 0 atom stereocenters. The molecule has 0 amide bonds. The van der Waals surface area contributed by atoms with E-state index in [9.17, 15) is 9.18 Å². The first-order valence-corrected chi connectivity index (χ1v) is 9.88. The lowest BCUT2D eigenvalue weighted by Crippen LogP contribution is -1.96. The van der Waals surface area contributed by atoms with Crippen LogP contribution in [0.4, 0.5) is 4.39 Å². The molecular weight excluding hydrogens is 484 g/mol. The highest BCUT2D eigenvalue weighted by atomic mass is 35.5. The molecule has 2 aromatic carbocycles. The van der Waals surface area contributed by atoms with Gasteiger partial charge in [-0.25, -0.2) is 4.39 Å². The van der Waals surface area contributed by atoms with Gasteiger partial charge in [0.1, 0.15) is 34.0 Å². The second kappa shape index (κ2) is 9.41. The second-order valence-corrected chi connectivity index (χ2v) is 7.59. The van der Waals surface area contributed by atoms with Crippen molar-refractivity contribution < 1.29 is 18.3 Å². The van der Waals surface area contributed by atoms with Gasteiger partial charge in [0.05, 0.1) is 15.1 Å². The first-order chi connectivity index (χ1) is 13.8. The van der Waals surface area contributed by atoms with Crippen LogP contribution < -0.4 is 4.74 Å². The minimum absolute atomic E-state index is 0.0204. The van der Waals surface area contributed by atoms with E-state index in [1.54, 1.807) is 12.1 Å². The minimum Gasteiger partial charge on any atom is -0.482 e. The number of benzene rings is 2. The molecule has 3 nitrogen and oxygen atoms in total. The zero-order valence-electron chi connectivity index (χ0n) is 14.3. The summed E-state index contributed by atoms with van der Waals surface area (Å²) in [6, 6.07) is 8.55. The number of allylic oxidation sites excluding steroid dienone is 1. The van der Waals surface area contributed by atoms with Gasteiger partial charge >= 0.3 is 0 Å². The fourth-order valence-corrected chi connectivity index (χ4v) is 3.51. The number of ether oxygens (including phenoxy) is 1. The minimum atomic E-state index is -0.412. The van der Waals surface area contributed by atoms with Crippen LogP contribution in [0.1, 0.15) is 21.9 Å². The maximum atomic E-state index is 12.9. The molecule has 0 saturated heterocycles. The zero-order chi connectivity index (χ0) is 21.1. The predicted molar refractivity (Wildman–Crippen MR) is 114 cm³/mol. The Hall–Kier alpha value is -1.69. The molecule has 3 rings (SSSR count). The lowest BCUT2D eigenvalue weighted by atomic mass is 10.1. The Bertz CT molecular complexity index is 1060. The summed E-state index contributed by atoms with van der Waals surface area (Å²) < 4.78 is 24.1. The summed E-state index contributed by atoms with van der Waals surface area (Å²) in [6.45, 7) is -0.0204. The Morgan fingerprint density at radius 3 is 2.10 bits per heavy atom. The number of carbonyl (C=O) groups excluding carboxylic acids is 1. The highest BCUT2D eigenvalue weighted by molar-refractivity contribution is 6.55. The van der Waals surface area contributed by atoms with E-state index in [1.165, 1.54) is 36.4 Å². The Morgan fingerprint density at radius 1 is 0.897 bits per heavy atom. The fourth-order valence-electron chi connectivity index (χ4n) is 2.28. The molecule has 1 heterocycles. The van der Waals surface area contributed by atoms with Gasteiger partial charge in [-0.2, -0.15) is 0 Å². The van der Waals surface area contributed by atoms with Crippen LogP contribution in [0.5, 0.6) is 5.75 Å². The molecule has 0 saturated carbocycles. The van der Waals surface area contributed by atoms with Gasteiger partial charge in [0.2, 0.25) is 0 Å². The summed E-state index contributed by atoms with van der Waals surface area (Å²) in [6.07, 6.45) is 2.81. The van der Waals surface area contributed by atoms with Crippen molar-refractivity contribution >= 4 is 69.9 Å². The number of ketones is 1. The molecule has 150 valence electrons. The molecule has 0 fully saturated rings. The van der Waals surface area contributed by atoms with Crippen LogP contribution in [0.25, 0.3) is 6.08 Å². The van der Waals surface area contributed by atoms with E-state index in [-0.39, 0.29) is 43.3 Å². The van der Waals surface area contributed by atoms with Gasteiger partial charge in [-0.05, 0) is 48.6 Å². The Kier molecular flexibility index (Phi) is 7.14. The number of hydrogen-bond acceptors (Lipinski definition) is 3. The Morgan fingerprint density at radius 2 is 1.48 bits per heavy atom. The van der Waals surface area contributed by atoms with Crippen LogP contribution in [0.15, 0.2) is 46.9 Å². The molecule has 29 heavy (non-hydrogen) atoms. The molecule has 1 aromatic heterocycles. The first-order valence-electron chi connectivity index (χ1n) is 7.99. The first kappa shape index (κ1) is 22.0. The van der Waals surface area contributed by atoms with Crippen molar-refractivity contribution in [1.29, 1.82) is 0 Å². The molecule has 0 spiro atoms. The fraction of sp³-hybridized carbons (Fsp3) is 0.0500. The molecular formula is C20H10Cl5FO3. The van der Waals surface area contributed by atoms with Gasteiger partial charge < -0.3 is 9.15 Å². The third kappa shape index (κ3) is 5.08. The summed E-state index contributed by atoms with van der Waals surface area (Å²) in [5, 5.41) is 0.150. The van der Waals surface area contributed by atoms with E-state index in [4.69, 9.17) is 67.2 Å². The van der Waals surface area contributed by atoms with Gasteiger partial charge in [0.25, 0.3) is 0 Å². The second-order valence-electron chi connectivity index (χ2n) is 5.70. The Balaban J connectivity index is 1.68. The molecule has 9 heteroatoms. The highest BCUT2D eigenvalue weighted by Gasteiger charge is 2.21. The maximum absolute atomic E-state index is 12.9. The average Bonchev–Trinajstić information content (AvgIpc) is 3.17. The monoisotopic (exact) mass is 492 g/mol. The SMILES string of the molecule is O=C(/C=C/c1ccc(COc2c(Cl)c(Cl)c(Cl)c(Cl)c2Cl)o1)c1ccc(F)cc1. The number of furan rings is 1. The molecule has 0 unspecified atom stereocenters. The van der Waals surface area contributed by atoms with Crippen LogP contribution in [0.2, 0.25) is 25.1 Å². The average molecular weight is 495 g/mol. The number of rotatable bonds is 6. The largest absolute Gasteiger partial charge is 0.482 e. The topological polar surface area (TPSA) is 39.4 Å². The third-order valence-corrected chi connectivity index (χ3v) is 5.98. The summed E-state index contributed by atoms with van der Waals surface area (Å²) in [4.78, 5) is 12.1. The maximum Gasteiger partial charge on any atom is 0.185 e. The summed E-state index contributed by atoms with van der Waals surface area (Å²) in [5.74, 6) is 0.234. The lowest BCUT2D eigenvalue weighted by Gasteiger charge is -2.12.